The van der Waals surface area contributed by atoms with Gasteiger partial charge in [-0.1, -0.05) is 11.6 Å². The van der Waals surface area contributed by atoms with Gasteiger partial charge in [-0.25, -0.2) is 18.5 Å². The largest absolute Gasteiger partial charge is 0.493 e. The Labute approximate surface area is 185 Å². The Kier molecular flexibility index (Phi) is 6.39. The molecule has 0 radical (unpaired) electrons. The number of aromatic nitrogens is 4. The maximum atomic E-state index is 14.5. The highest BCUT2D eigenvalue weighted by atomic mass is 35.5. The summed E-state index contributed by atoms with van der Waals surface area (Å²) in [4.78, 5) is 45.1. The van der Waals surface area contributed by atoms with Crippen LogP contribution in [0.4, 0.5) is 17.6 Å². The van der Waals surface area contributed by atoms with Gasteiger partial charge in [0.15, 0.2) is 17.2 Å². The molecular weight excluding hydrogens is 480 g/mol. The summed E-state index contributed by atoms with van der Waals surface area (Å²) in [6.07, 6.45) is -3.94. The number of hydrogen-bond donors (Lipinski definition) is 1. The van der Waals surface area contributed by atoms with E-state index in [1.165, 1.54) is 12.1 Å². The van der Waals surface area contributed by atoms with Gasteiger partial charge in [-0.15, -0.1) is 0 Å². The molecule has 1 aromatic carbocycles. The molecule has 174 valence electrons. The lowest BCUT2D eigenvalue weighted by atomic mass is 10.2. The topological polar surface area (TPSA) is 125 Å². The molecule has 3 rings (SSSR count). The number of methoxy groups -OCH3 is 2. The number of nitrogens with one attached hydrogen (secondary N) is 1. The van der Waals surface area contributed by atoms with Crippen molar-refractivity contribution in [3.63, 3.8) is 0 Å². The van der Waals surface area contributed by atoms with Crippen LogP contribution in [0.3, 0.4) is 0 Å². The molecule has 10 nitrogen and oxygen atoms in total. The van der Waals surface area contributed by atoms with E-state index in [0.29, 0.717) is 6.07 Å². The van der Waals surface area contributed by atoms with Crippen LogP contribution >= 0.6 is 11.6 Å². The van der Waals surface area contributed by atoms with E-state index in [9.17, 15) is 31.9 Å². The van der Waals surface area contributed by atoms with Crippen molar-refractivity contribution in [2.24, 2.45) is 0 Å². The van der Waals surface area contributed by atoms with Crippen LogP contribution in [0.5, 0.6) is 17.5 Å². The highest BCUT2D eigenvalue weighted by molar-refractivity contribution is 6.32. The molecule has 0 amide bonds. The van der Waals surface area contributed by atoms with E-state index < -0.39 is 46.6 Å². The van der Waals surface area contributed by atoms with Crippen LogP contribution in [0.15, 0.2) is 34.0 Å². The summed E-state index contributed by atoms with van der Waals surface area (Å²) in [6, 6.07) is 1.03. The Bertz CT molecular complexity index is 1320. The van der Waals surface area contributed by atoms with Gasteiger partial charge in [-0.2, -0.15) is 23.1 Å². The molecule has 0 bridgehead atoms. The molecule has 0 aliphatic heterocycles. The second-order valence-electron chi connectivity index (χ2n) is 6.06. The predicted octanol–water partition coefficient (Wildman–Crippen LogP) is 2.71. The molecule has 0 atom stereocenters. The number of halogens is 5. The van der Waals surface area contributed by atoms with E-state index in [2.05, 4.69) is 14.7 Å². The van der Waals surface area contributed by atoms with Crippen molar-refractivity contribution in [2.45, 2.75) is 6.18 Å². The molecule has 0 saturated heterocycles. The summed E-state index contributed by atoms with van der Waals surface area (Å²) in [5.74, 6) is -2.55. The first kappa shape index (κ1) is 23.7. The molecule has 2 aromatic heterocycles. The molecule has 2 heterocycles. The Hall–Kier alpha value is -3.94. The fourth-order valence-electron chi connectivity index (χ4n) is 2.54. The number of H-pyrrole nitrogens is 1. The second kappa shape index (κ2) is 8.90. The van der Waals surface area contributed by atoms with Gasteiger partial charge in [-0.3, -0.25) is 4.79 Å². The minimum absolute atomic E-state index is 0.0528. The number of nitrogens with zero attached hydrogens (tertiary/aromatic N) is 3. The number of rotatable bonds is 5. The Morgan fingerprint density at radius 1 is 1.15 bits per heavy atom. The number of carbonyl (C=O) groups excluding carboxylic acids is 1. The van der Waals surface area contributed by atoms with Crippen LogP contribution in [-0.4, -0.2) is 39.7 Å². The van der Waals surface area contributed by atoms with Crippen molar-refractivity contribution < 1.29 is 36.6 Å². The fraction of sp³-hybridized carbons (Fsp3) is 0.167. The van der Waals surface area contributed by atoms with Gasteiger partial charge >= 0.3 is 23.8 Å². The zero-order chi connectivity index (χ0) is 24.5. The minimum atomic E-state index is -5.01. The first-order valence-corrected chi connectivity index (χ1v) is 8.94. The Morgan fingerprint density at radius 3 is 2.42 bits per heavy atom. The lowest BCUT2D eigenvalue weighted by Crippen LogP contribution is -2.36. The Morgan fingerprint density at radius 2 is 1.85 bits per heavy atom. The van der Waals surface area contributed by atoms with Gasteiger partial charge in [-0.05, 0) is 6.07 Å². The van der Waals surface area contributed by atoms with Crippen LogP contribution in [0.1, 0.15) is 16.2 Å². The zero-order valence-electron chi connectivity index (χ0n) is 16.5. The summed E-state index contributed by atoms with van der Waals surface area (Å²) in [5, 5.41) is -0.369. The summed E-state index contributed by atoms with van der Waals surface area (Å²) < 4.78 is 67.8. The maximum absolute atomic E-state index is 14.5. The molecule has 0 aliphatic carbocycles. The first-order valence-electron chi connectivity index (χ1n) is 8.56. The number of carbonyl (C=O) groups is 1. The first-order chi connectivity index (χ1) is 15.5. The van der Waals surface area contributed by atoms with E-state index >= 15 is 0 Å². The molecule has 0 unspecified atom stereocenters. The highest BCUT2D eigenvalue weighted by Gasteiger charge is 2.33. The van der Waals surface area contributed by atoms with E-state index in [0.717, 1.165) is 19.4 Å². The van der Waals surface area contributed by atoms with Crippen LogP contribution in [0.2, 0.25) is 5.02 Å². The van der Waals surface area contributed by atoms with Crippen LogP contribution in [-0.2, 0) is 10.9 Å². The molecule has 0 fully saturated rings. The van der Waals surface area contributed by atoms with E-state index in [1.807, 2.05) is 0 Å². The van der Waals surface area contributed by atoms with Crippen molar-refractivity contribution >= 4 is 17.6 Å². The third-order valence-electron chi connectivity index (χ3n) is 4.01. The van der Waals surface area contributed by atoms with Crippen molar-refractivity contribution in [3.8, 4) is 23.2 Å². The number of hydrogen-bond acceptors (Lipinski definition) is 8. The monoisotopic (exact) mass is 490 g/mol. The van der Waals surface area contributed by atoms with Crippen molar-refractivity contribution in [2.75, 3.05) is 14.2 Å². The van der Waals surface area contributed by atoms with E-state index in [4.69, 9.17) is 21.1 Å². The molecule has 15 heteroatoms. The number of aromatic amines is 1. The van der Waals surface area contributed by atoms with Crippen LogP contribution in [0, 0.1) is 5.82 Å². The van der Waals surface area contributed by atoms with E-state index in [-0.39, 0.29) is 32.8 Å². The van der Waals surface area contributed by atoms with Crippen molar-refractivity contribution in [3.05, 3.63) is 67.5 Å². The van der Waals surface area contributed by atoms with Gasteiger partial charge in [0, 0.05) is 12.1 Å². The standard InChI is InChI=1S/C18H11ClF4N4O6/c1-31-11-6-24-16(26-14(11)15(29)32-2)33-10-4-9(8(20)3-7(10)19)27-13(28)5-12(18(21,22)23)25-17(27)30/h3-6H,1-2H3,(H,25,30). The van der Waals surface area contributed by atoms with Gasteiger partial charge in [0.25, 0.3) is 5.56 Å². The summed E-state index contributed by atoms with van der Waals surface area (Å²) in [5.41, 5.74) is -5.72. The third kappa shape index (κ3) is 4.79. The average molecular weight is 491 g/mol. The van der Waals surface area contributed by atoms with Crippen molar-refractivity contribution in [1.82, 2.24) is 19.5 Å². The van der Waals surface area contributed by atoms with Crippen LogP contribution < -0.4 is 20.7 Å². The number of benzene rings is 1. The van der Waals surface area contributed by atoms with E-state index in [1.54, 1.807) is 0 Å². The number of ether oxygens (including phenoxy) is 3. The van der Waals surface area contributed by atoms with Gasteiger partial charge in [0.1, 0.15) is 11.5 Å². The SMILES string of the molecule is COC(=O)c1nc(Oc2cc(-n3c(=O)cc(C(F)(F)F)[nH]c3=O)c(F)cc2Cl)ncc1OC. The lowest BCUT2D eigenvalue weighted by molar-refractivity contribution is -0.141. The smallest absolute Gasteiger partial charge is 0.431 e. The fourth-order valence-corrected chi connectivity index (χ4v) is 2.73. The number of alkyl halides is 3. The zero-order valence-corrected chi connectivity index (χ0v) is 17.2. The third-order valence-corrected chi connectivity index (χ3v) is 4.31. The molecule has 0 spiro atoms. The molecule has 33 heavy (non-hydrogen) atoms. The highest BCUT2D eigenvalue weighted by Crippen LogP contribution is 2.32. The summed E-state index contributed by atoms with van der Waals surface area (Å²) in [6.45, 7) is 0. The second-order valence-corrected chi connectivity index (χ2v) is 6.46. The summed E-state index contributed by atoms with van der Waals surface area (Å²) >= 11 is 5.93. The molecule has 0 aliphatic rings. The maximum Gasteiger partial charge on any atom is 0.431 e. The van der Waals surface area contributed by atoms with Crippen molar-refractivity contribution in [1.29, 1.82) is 0 Å². The van der Waals surface area contributed by atoms with Gasteiger partial charge < -0.3 is 19.2 Å². The van der Waals surface area contributed by atoms with Gasteiger partial charge in [0.05, 0.1) is 31.1 Å². The molecule has 0 saturated carbocycles. The number of esters is 1. The lowest BCUT2D eigenvalue weighted by Gasteiger charge is -2.13. The molecule has 3 aromatic rings. The minimum Gasteiger partial charge on any atom is -0.493 e. The molecule has 1 N–H and O–H groups in total. The normalized spacial score (nSPS) is 11.2. The quantitative estimate of drug-likeness (QED) is 0.427. The van der Waals surface area contributed by atoms with Gasteiger partial charge in [0.2, 0.25) is 0 Å². The predicted molar refractivity (Wildman–Crippen MR) is 103 cm³/mol. The average Bonchev–Trinajstić information content (AvgIpc) is 2.74. The van der Waals surface area contributed by atoms with Crippen LogP contribution in [0.25, 0.3) is 5.69 Å². The summed E-state index contributed by atoms with van der Waals surface area (Å²) in [7, 11) is 2.33. The Balaban J connectivity index is 2.10. The molecular formula is C18H11ClF4N4O6.